The Morgan fingerprint density at radius 1 is 1.02 bits per heavy atom. The smallest absolute Gasteiger partial charge is 0.330 e. The van der Waals surface area contributed by atoms with Gasteiger partial charge in [-0.2, -0.15) is 0 Å². The number of carbonyl (C=O) groups is 2. The van der Waals surface area contributed by atoms with Gasteiger partial charge >= 0.3 is 5.69 Å². The highest BCUT2D eigenvalue weighted by molar-refractivity contribution is 6.36. The number of ketones is 2. The molecule has 2 atom stereocenters. The van der Waals surface area contributed by atoms with Crippen molar-refractivity contribution in [2.45, 2.75) is 31.9 Å². The van der Waals surface area contributed by atoms with Crippen LogP contribution in [0.2, 0.25) is 5.02 Å². The molecule has 4 heterocycles. The molecule has 230 valence electrons. The minimum atomic E-state index is -1.95. The lowest BCUT2D eigenvalue weighted by Crippen LogP contribution is -2.57. The fourth-order valence-electron chi connectivity index (χ4n) is 6.46. The van der Waals surface area contributed by atoms with Crippen LogP contribution in [0.3, 0.4) is 0 Å². The number of carbonyl (C=O) groups excluding carboxylic acids is 2. The van der Waals surface area contributed by atoms with Gasteiger partial charge in [0.25, 0.3) is 5.56 Å². The average molecular weight is 631 g/mol. The van der Waals surface area contributed by atoms with E-state index in [0.717, 1.165) is 16.5 Å². The predicted octanol–water partition coefficient (Wildman–Crippen LogP) is 3.88. The van der Waals surface area contributed by atoms with Gasteiger partial charge in [0.05, 0.1) is 32.4 Å². The third kappa shape index (κ3) is 4.01. The van der Waals surface area contributed by atoms with Crippen molar-refractivity contribution in [2.75, 3.05) is 21.3 Å². The van der Waals surface area contributed by atoms with Crippen LogP contribution < -0.4 is 30.2 Å². The van der Waals surface area contributed by atoms with Crippen molar-refractivity contribution in [1.82, 2.24) is 19.5 Å². The number of aromatic amines is 2. The second kappa shape index (κ2) is 10.2. The Morgan fingerprint density at radius 2 is 1.80 bits per heavy atom. The van der Waals surface area contributed by atoms with Crippen LogP contribution >= 0.6 is 11.6 Å². The minimum absolute atomic E-state index is 0.00292. The first-order valence-corrected chi connectivity index (χ1v) is 14.5. The van der Waals surface area contributed by atoms with E-state index in [1.165, 1.54) is 30.9 Å². The first-order chi connectivity index (χ1) is 21.6. The summed E-state index contributed by atoms with van der Waals surface area (Å²) in [5.74, 6) is -0.867. The molecule has 13 heteroatoms. The zero-order valence-corrected chi connectivity index (χ0v) is 25.5. The number of ether oxygens (including phenoxy) is 4. The summed E-state index contributed by atoms with van der Waals surface area (Å²) in [5, 5.41) is 1.02. The summed E-state index contributed by atoms with van der Waals surface area (Å²) in [5.41, 5.74) is -0.810. The molecule has 0 amide bonds. The maximum absolute atomic E-state index is 14.3. The number of hydrogen-bond donors (Lipinski definition) is 2. The van der Waals surface area contributed by atoms with Crippen LogP contribution in [0.1, 0.15) is 38.9 Å². The molecular formula is C32H27ClN4O8. The summed E-state index contributed by atoms with van der Waals surface area (Å²) < 4.78 is 23.7. The van der Waals surface area contributed by atoms with E-state index in [9.17, 15) is 19.2 Å². The maximum Gasteiger partial charge on any atom is 0.330 e. The predicted molar refractivity (Wildman–Crippen MR) is 165 cm³/mol. The Bertz CT molecular complexity index is 2220. The summed E-state index contributed by atoms with van der Waals surface area (Å²) in [4.78, 5) is 64.7. The van der Waals surface area contributed by atoms with E-state index in [4.69, 9.17) is 35.5 Å². The van der Waals surface area contributed by atoms with Crippen molar-refractivity contribution >= 4 is 45.1 Å². The van der Waals surface area contributed by atoms with Crippen LogP contribution in [0, 0.1) is 5.92 Å². The molecule has 1 spiro atoms. The largest absolute Gasteiger partial charge is 0.497 e. The van der Waals surface area contributed by atoms with Gasteiger partial charge in [-0.1, -0.05) is 18.5 Å². The van der Waals surface area contributed by atoms with Gasteiger partial charge in [0.15, 0.2) is 5.75 Å². The molecule has 3 aromatic heterocycles. The summed E-state index contributed by atoms with van der Waals surface area (Å²) >= 11 is 6.52. The van der Waals surface area contributed by atoms with Crippen molar-refractivity contribution in [3.8, 4) is 23.0 Å². The van der Waals surface area contributed by atoms with Gasteiger partial charge in [-0.3, -0.25) is 23.9 Å². The van der Waals surface area contributed by atoms with Gasteiger partial charge in [0, 0.05) is 41.2 Å². The number of H-pyrrole nitrogens is 2. The molecule has 0 saturated carbocycles. The summed E-state index contributed by atoms with van der Waals surface area (Å²) in [6.45, 7) is 1.91. The van der Waals surface area contributed by atoms with Crippen LogP contribution in [0.4, 0.5) is 0 Å². The maximum atomic E-state index is 14.3. The van der Waals surface area contributed by atoms with E-state index in [2.05, 4.69) is 9.97 Å². The molecule has 0 radical (unpaired) electrons. The molecule has 12 nitrogen and oxygen atoms in total. The molecule has 2 aliphatic rings. The summed E-state index contributed by atoms with van der Waals surface area (Å²) in [7, 11) is 4.39. The Morgan fingerprint density at radius 3 is 2.53 bits per heavy atom. The number of benzene rings is 2. The number of rotatable bonds is 6. The Hall–Kier alpha value is -5.10. The third-order valence-electron chi connectivity index (χ3n) is 8.82. The molecule has 1 aliphatic carbocycles. The molecule has 2 N–H and O–H groups in total. The SMILES string of the molecule is COc1ccc2[nH]cc(CCn3c(=O)[nH]c(=O)c4cc5c(nc43)C[C@@H](C)[C@]3(Oc4c(Cl)c(OC)cc(OC)c4C3=O)C5=O)c2c1. The molecule has 0 saturated heterocycles. The van der Waals surface area contributed by atoms with Gasteiger partial charge in [-0.25, -0.2) is 9.78 Å². The third-order valence-corrected chi connectivity index (χ3v) is 9.18. The number of aryl methyl sites for hydroxylation is 2. The standard InChI is InChI=1S/C32H27ClN4O8/c1-14-9-21-18(27(38)32(14)28(39)24-22(43-3)12-23(44-4)25(33)26(24)45-32)11-19-29(35-21)37(31(41)36-30(19)40)8-7-15-13-34-20-6-5-16(42-2)10-17(15)20/h5-6,10-14,34H,7-9H2,1-4H3,(H,36,40,41)/t14-,32+/m1/s1. The average Bonchev–Trinajstić information content (AvgIpc) is 3.58. The van der Waals surface area contributed by atoms with Crippen LogP contribution in [0.15, 0.2) is 46.1 Å². The zero-order chi connectivity index (χ0) is 31.8. The number of fused-ring (bicyclic) bond motifs is 4. The highest BCUT2D eigenvalue weighted by atomic mass is 35.5. The van der Waals surface area contributed by atoms with Crippen LogP contribution in [0.5, 0.6) is 23.0 Å². The quantitative estimate of drug-likeness (QED) is 0.266. The van der Waals surface area contributed by atoms with E-state index in [-0.39, 0.29) is 57.4 Å². The summed E-state index contributed by atoms with van der Waals surface area (Å²) in [6.07, 6.45) is 2.46. The van der Waals surface area contributed by atoms with Crippen molar-refractivity contribution in [1.29, 1.82) is 0 Å². The molecule has 45 heavy (non-hydrogen) atoms. The molecule has 2 aromatic carbocycles. The number of halogens is 1. The molecule has 5 aromatic rings. The van der Waals surface area contributed by atoms with E-state index in [0.29, 0.717) is 17.9 Å². The van der Waals surface area contributed by atoms with E-state index in [1.54, 1.807) is 14.0 Å². The van der Waals surface area contributed by atoms with E-state index >= 15 is 0 Å². The van der Waals surface area contributed by atoms with Crippen molar-refractivity contribution in [3.05, 3.63) is 84.8 Å². The van der Waals surface area contributed by atoms with E-state index in [1.807, 2.05) is 24.4 Å². The first-order valence-electron chi connectivity index (χ1n) is 14.2. The van der Waals surface area contributed by atoms with Crippen LogP contribution in [-0.4, -0.2) is 58.0 Å². The molecule has 1 aliphatic heterocycles. The van der Waals surface area contributed by atoms with Crippen molar-refractivity contribution in [3.63, 3.8) is 0 Å². The highest BCUT2D eigenvalue weighted by Crippen LogP contribution is 2.53. The molecular weight excluding hydrogens is 604 g/mol. The Kier molecular flexibility index (Phi) is 6.52. The number of aromatic nitrogens is 4. The Labute approximate surface area is 259 Å². The first kappa shape index (κ1) is 28.7. The lowest BCUT2D eigenvalue weighted by Gasteiger charge is -2.36. The van der Waals surface area contributed by atoms with Gasteiger partial charge in [0.2, 0.25) is 17.2 Å². The highest BCUT2D eigenvalue weighted by Gasteiger charge is 2.62. The molecule has 7 rings (SSSR count). The topological polar surface area (TPSA) is 155 Å². The molecule has 0 fully saturated rings. The Balaban J connectivity index is 1.31. The van der Waals surface area contributed by atoms with Crippen LogP contribution in [-0.2, 0) is 19.4 Å². The van der Waals surface area contributed by atoms with Crippen LogP contribution in [0.25, 0.3) is 21.9 Å². The molecule has 0 unspecified atom stereocenters. The number of hydrogen-bond acceptors (Lipinski definition) is 9. The fraction of sp³-hybridized carbons (Fsp3) is 0.281. The second-order valence-corrected chi connectivity index (χ2v) is 11.5. The fourth-order valence-corrected chi connectivity index (χ4v) is 6.72. The van der Waals surface area contributed by atoms with Crippen molar-refractivity contribution in [2.24, 2.45) is 5.92 Å². The second-order valence-electron chi connectivity index (χ2n) is 11.1. The summed E-state index contributed by atoms with van der Waals surface area (Å²) in [6, 6.07) is 8.53. The lowest BCUT2D eigenvalue weighted by molar-refractivity contribution is 0.0257. The normalized spacial score (nSPS) is 18.7. The number of pyridine rings is 1. The molecule has 0 bridgehead atoms. The van der Waals surface area contributed by atoms with Gasteiger partial charge in [-0.05, 0) is 42.7 Å². The lowest BCUT2D eigenvalue weighted by atomic mass is 9.71. The zero-order valence-electron chi connectivity index (χ0n) is 24.7. The number of nitrogens with zero attached hydrogens (tertiary/aromatic N) is 2. The number of Topliss-reactive ketones (excluding diaryl/α,β-unsaturated/α-hetero) is 2. The van der Waals surface area contributed by atoms with E-state index < -0.39 is 34.3 Å². The van der Waals surface area contributed by atoms with Gasteiger partial charge in [0.1, 0.15) is 33.5 Å². The van der Waals surface area contributed by atoms with Gasteiger partial charge < -0.3 is 23.9 Å². The monoisotopic (exact) mass is 630 g/mol. The number of nitrogens with one attached hydrogen (secondary N) is 2. The number of methoxy groups -OCH3 is 3. The van der Waals surface area contributed by atoms with Gasteiger partial charge in [-0.15, -0.1) is 0 Å². The van der Waals surface area contributed by atoms with Crippen molar-refractivity contribution < 1.29 is 28.5 Å². The minimum Gasteiger partial charge on any atom is -0.497 e.